The third-order valence-corrected chi connectivity index (χ3v) is 1.81. The van der Waals surface area contributed by atoms with Crippen LogP contribution in [0.4, 0.5) is 0 Å². The number of benzene rings is 1. The van der Waals surface area contributed by atoms with Crippen LogP contribution in [-0.2, 0) is 4.79 Å². The fraction of sp³-hybridized carbons (Fsp3) is 0.182. The van der Waals surface area contributed by atoms with Gasteiger partial charge in [-0.2, -0.15) is 0 Å². The Morgan fingerprint density at radius 2 is 1.69 bits per heavy atom. The van der Waals surface area contributed by atoms with E-state index in [1.54, 1.807) is 0 Å². The van der Waals surface area contributed by atoms with Crippen LogP contribution >= 0.6 is 0 Å². The number of carbonyl (C=O) groups excluding carboxylic acids is 1. The van der Waals surface area contributed by atoms with Crippen molar-refractivity contribution in [3.8, 4) is 0 Å². The Hall–Kier alpha value is -1.57. The summed E-state index contributed by atoms with van der Waals surface area (Å²) >= 11 is 0. The summed E-state index contributed by atoms with van der Waals surface area (Å²) < 4.78 is 0. The summed E-state index contributed by atoms with van der Waals surface area (Å²) in [7, 11) is 0. The lowest BCUT2D eigenvalue weighted by Crippen LogP contribution is -2.13. The van der Waals surface area contributed by atoms with Crippen molar-refractivity contribution >= 4 is 11.5 Å². The molecule has 0 aliphatic carbocycles. The van der Waals surface area contributed by atoms with Gasteiger partial charge in [0.15, 0.2) is 0 Å². The first-order valence-electron chi connectivity index (χ1n) is 4.15. The van der Waals surface area contributed by atoms with Crippen molar-refractivity contribution in [1.29, 1.82) is 0 Å². The van der Waals surface area contributed by atoms with Crippen LogP contribution in [0.25, 0.3) is 5.57 Å². The highest BCUT2D eigenvalue weighted by Gasteiger charge is 2.08. The van der Waals surface area contributed by atoms with Crippen LogP contribution in [-0.4, -0.2) is 5.91 Å². The second-order valence-corrected chi connectivity index (χ2v) is 3.11. The molecule has 0 atom stereocenters. The van der Waals surface area contributed by atoms with Crippen molar-refractivity contribution in [3.63, 3.8) is 0 Å². The number of hydrogen-bond acceptors (Lipinski definition) is 1. The molecular weight excluding hydrogens is 162 g/mol. The van der Waals surface area contributed by atoms with Crippen LogP contribution in [0.5, 0.6) is 0 Å². The quantitative estimate of drug-likeness (QED) is 0.686. The topological polar surface area (TPSA) is 43.1 Å². The lowest BCUT2D eigenvalue weighted by molar-refractivity contribution is -0.112. The van der Waals surface area contributed by atoms with E-state index in [2.05, 4.69) is 0 Å². The van der Waals surface area contributed by atoms with E-state index < -0.39 is 0 Å². The van der Waals surface area contributed by atoms with Gasteiger partial charge in [0.1, 0.15) is 0 Å². The first-order valence-corrected chi connectivity index (χ1v) is 4.15. The number of carbonyl (C=O) groups is 1. The minimum atomic E-state index is -0.369. The maximum atomic E-state index is 11.1. The molecule has 0 bridgehead atoms. The minimum Gasteiger partial charge on any atom is -0.366 e. The lowest BCUT2D eigenvalue weighted by Gasteiger charge is -2.05. The Balaban J connectivity index is 3.20. The number of hydrogen-bond donors (Lipinski definition) is 1. The van der Waals surface area contributed by atoms with E-state index in [1.807, 2.05) is 44.2 Å². The van der Waals surface area contributed by atoms with Gasteiger partial charge in [0, 0.05) is 5.57 Å². The van der Waals surface area contributed by atoms with Crippen molar-refractivity contribution in [2.24, 2.45) is 5.73 Å². The third-order valence-electron chi connectivity index (χ3n) is 1.81. The Labute approximate surface area is 78.1 Å². The molecule has 1 aromatic carbocycles. The van der Waals surface area contributed by atoms with Gasteiger partial charge in [-0.3, -0.25) is 4.79 Å². The number of allylic oxidation sites excluding steroid dienone is 1. The maximum absolute atomic E-state index is 11.1. The third kappa shape index (κ3) is 2.18. The van der Waals surface area contributed by atoms with Crippen LogP contribution < -0.4 is 5.73 Å². The van der Waals surface area contributed by atoms with Crippen molar-refractivity contribution in [2.45, 2.75) is 13.8 Å². The Morgan fingerprint density at radius 1 is 1.15 bits per heavy atom. The molecule has 13 heavy (non-hydrogen) atoms. The molecule has 2 N–H and O–H groups in total. The van der Waals surface area contributed by atoms with E-state index in [0.29, 0.717) is 5.57 Å². The molecule has 0 aliphatic heterocycles. The van der Waals surface area contributed by atoms with Gasteiger partial charge in [-0.25, -0.2) is 0 Å². The van der Waals surface area contributed by atoms with E-state index in [-0.39, 0.29) is 5.91 Å². The Kier molecular flexibility index (Phi) is 2.85. The predicted octanol–water partition coefficient (Wildman–Crippen LogP) is 1.97. The van der Waals surface area contributed by atoms with Crippen LogP contribution in [0.15, 0.2) is 35.9 Å². The number of rotatable bonds is 2. The molecule has 0 heterocycles. The fourth-order valence-electron chi connectivity index (χ4n) is 1.28. The molecule has 1 aromatic rings. The number of amides is 1. The molecule has 0 saturated heterocycles. The zero-order chi connectivity index (χ0) is 9.84. The van der Waals surface area contributed by atoms with Gasteiger partial charge in [-0.15, -0.1) is 0 Å². The monoisotopic (exact) mass is 175 g/mol. The standard InChI is InChI=1S/C11H13NO/c1-8(2)10(11(12)13)9-6-4-3-5-7-9/h3-7H,1-2H3,(H2,12,13). The van der Waals surface area contributed by atoms with E-state index in [1.165, 1.54) is 0 Å². The van der Waals surface area contributed by atoms with Crippen LogP contribution in [0.1, 0.15) is 19.4 Å². The molecular formula is C11H13NO. The largest absolute Gasteiger partial charge is 0.366 e. The van der Waals surface area contributed by atoms with Crippen molar-refractivity contribution < 1.29 is 4.79 Å². The molecule has 0 saturated carbocycles. The molecule has 1 amide bonds. The average molecular weight is 175 g/mol. The van der Waals surface area contributed by atoms with Gasteiger partial charge in [-0.1, -0.05) is 35.9 Å². The first kappa shape index (κ1) is 9.52. The molecule has 0 unspecified atom stereocenters. The van der Waals surface area contributed by atoms with Gasteiger partial charge < -0.3 is 5.73 Å². The summed E-state index contributed by atoms with van der Waals surface area (Å²) in [5.74, 6) is -0.369. The van der Waals surface area contributed by atoms with Crippen LogP contribution in [0.3, 0.4) is 0 Å². The second kappa shape index (κ2) is 3.90. The Morgan fingerprint density at radius 3 is 2.08 bits per heavy atom. The zero-order valence-electron chi connectivity index (χ0n) is 7.87. The first-order chi connectivity index (χ1) is 6.13. The van der Waals surface area contributed by atoms with Crippen LogP contribution in [0, 0.1) is 0 Å². The molecule has 0 fully saturated rings. The number of nitrogens with two attached hydrogens (primary N) is 1. The second-order valence-electron chi connectivity index (χ2n) is 3.11. The summed E-state index contributed by atoms with van der Waals surface area (Å²) in [6.45, 7) is 3.76. The van der Waals surface area contributed by atoms with E-state index in [9.17, 15) is 4.79 Å². The van der Waals surface area contributed by atoms with E-state index >= 15 is 0 Å². The normalized spacial score (nSPS) is 9.38. The molecule has 2 heteroatoms. The predicted molar refractivity (Wildman–Crippen MR) is 53.9 cm³/mol. The number of primary amides is 1. The van der Waals surface area contributed by atoms with Crippen LogP contribution in [0.2, 0.25) is 0 Å². The average Bonchev–Trinajstić information content (AvgIpc) is 2.04. The fourth-order valence-corrected chi connectivity index (χ4v) is 1.28. The van der Waals surface area contributed by atoms with E-state index in [0.717, 1.165) is 11.1 Å². The molecule has 1 rings (SSSR count). The maximum Gasteiger partial charge on any atom is 0.249 e. The summed E-state index contributed by atoms with van der Waals surface area (Å²) in [5.41, 5.74) is 7.71. The van der Waals surface area contributed by atoms with Gasteiger partial charge in [-0.05, 0) is 19.4 Å². The highest BCUT2D eigenvalue weighted by Crippen LogP contribution is 2.17. The van der Waals surface area contributed by atoms with Crippen molar-refractivity contribution in [3.05, 3.63) is 41.5 Å². The molecule has 2 nitrogen and oxygen atoms in total. The zero-order valence-corrected chi connectivity index (χ0v) is 7.87. The summed E-state index contributed by atoms with van der Waals surface area (Å²) in [4.78, 5) is 11.1. The van der Waals surface area contributed by atoms with Crippen molar-refractivity contribution in [1.82, 2.24) is 0 Å². The molecule has 0 spiro atoms. The highest BCUT2D eigenvalue weighted by atomic mass is 16.1. The smallest absolute Gasteiger partial charge is 0.249 e. The van der Waals surface area contributed by atoms with Gasteiger partial charge in [0.25, 0.3) is 0 Å². The summed E-state index contributed by atoms with van der Waals surface area (Å²) in [6.07, 6.45) is 0. The Bertz CT molecular complexity index is 334. The molecule has 0 aliphatic rings. The molecule has 68 valence electrons. The SMILES string of the molecule is CC(C)=C(C(N)=O)c1ccccc1. The van der Waals surface area contributed by atoms with E-state index in [4.69, 9.17) is 5.73 Å². The minimum absolute atomic E-state index is 0.369. The summed E-state index contributed by atoms with van der Waals surface area (Å²) in [5, 5.41) is 0. The van der Waals surface area contributed by atoms with Gasteiger partial charge in [0.2, 0.25) is 5.91 Å². The van der Waals surface area contributed by atoms with Crippen molar-refractivity contribution in [2.75, 3.05) is 0 Å². The van der Waals surface area contributed by atoms with Gasteiger partial charge in [0.05, 0.1) is 0 Å². The van der Waals surface area contributed by atoms with Gasteiger partial charge >= 0.3 is 0 Å². The lowest BCUT2D eigenvalue weighted by atomic mass is 10.0. The highest BCUT2D eigenvalue weighted by molar-refractivity contribution is 6.19. The molecule has 0 radical (unpaired) electrons. The molecule has 0 aromatic heterocycles. The summed E-state index contributed by atoms with van der Waals surface area (Å²) in [6, 6.07) is 9.45.